The number of halogens is 3. The van der Waals surface area contributed by atoms with Gasteiger partial charge in [0.1, 0.15) is 6.61 Å². The van der Waals surface area contributed by atoms with Gasteiger partial charge in [-0.25, -0.2) is 4.79 Å². The number of hydrogen-bond acceptors (Lipinski definition) is 5. The zero-order chi connectivity index (χ0) is 24.2. The van der Waals surface area contributed by atoms with Crippen LogP contribution in [0.5, 0.6) is 11.5 Å². The van der Waals surface area contributed by atoms with Gasteiger partial charge in [0.05, 0.1) is 28.2 Å². The van der Waals surface area contributed by atoms with E-state index in [1.54, 1.807) is 36.4 Å². The fourth-order valence-corrected chi connectivity index (χ4v) is 4.97. The van der Waals surface area contributed by atoms with Crippen LogP contribution in [-0.4, -0.2) is 22.5 Å². The molecule has 0 atom stereocenters. The number of para-hydroxylation sites is 1. The van der Waals surface area contributed by atoms with E-state index in [0.717, 1.165) is 19.2 Å². The van der Waals surface area contributed by atoms with Gasteiger partial charge >= 0.3 is 5.69 Å². The molecule has 1 aromatic heterocycles. The van der Waals surface area contributed by atoms with E-state index in [1.165, 1.54) is 6.21 Å². The van der Waals surface area contributed by atoms with Crippen molar-refractivity contribution in [2.75, 3.05) is 6.61 Å². The molecule has 4 aromatic rings. The van der Waals surface area contributed by atoms with E-state index in [2.05, 4.69) is 57.9 Å². The molecule has 0 bridgehead atoms. The van der Waals surface area contributed by atoms with Crippen LogP contribution in [0.3, 0.4) is 0 Å². The number of aromatic amines is 1. The summed E-state index contributed by atoms with van der Waals surface area (Å²) in [4.78, 5) is 27.7. The zero-order valence-electron chi connectivity index (χ0n) is 17.8. The summed E-state index contributed by atoms with van der Waals surface area (Å²) in [5, 5.41) is 4.49. The molecule has 0 aliphatic carbocycles. The van der Waals surface area contributed by atoms with Gasteiger partial charge in [-0.05, 0) is 64.8 Å². The molecule has 0 radical (unpaired) electrons. The van der Waals surface area contributed by atoms with Crippen LogP contribution in [0.4, 0.5) is 0 Å². The maximum Gasteiger partial charge on any atom is 0.349 e. The van der Waals surface area contributed by atoms with Crippen molar-refractivity contribution in [3.05, 3.63) is 100.0 Å². The molecule has 3 aromatic carbocycles. The lowest BCUT2D eigenvalue weighted by Gasteiger charge is -2.15. The van der Waals surface area contributed by atoms with Crippen LogP contribution in [0.2, 0.25) is 0 Å². The summed E-state index contributed by atoms with van der Waals surface area (Å²) in [7, 11) is 0. The highest BCUT2D eigenvalue weighted by molar-refractivity contribution is 9.11. The van der Waals surface area contributed by atoms with Crippen LogP contribution >= 0.6 is 47.8 Å². The number of nitrogens with zero attached hydrogens (tertiary/aromatic N) is 2. The average molecular weight is 652 g/mol. The number of hydrogen-bond donors (Lipinski definition) is 1. The first-order valence-electron chi connectivity index (χ1n) is 10.2. The number of aromatic nitrogens is 2. The first-order chi connectivity index (χ1) is 16.4. The predicted molar refractivity (Wildman–Crippen MR) is 143 cm³/mol. The second-order valence-electron chi connectivity index (χ2n) is 7.12. The van der Waals surface area contributed by atoms with Crippen LogP contribution in [0.25, 0.3) is 10.9 Å². The van der Waals surface area contributed by atoms with E-state index in [0.29, 0.717) is 45.7 Å². The summed E-state index contributed by atoms with van der Waals surface area (Å²) in [6, 6.07) is 16.2. The van der Waals surface area contributed by atoms with Crippen molar-refractivity contribution in [3.63, 3.8) is 0 Å². The highest BCUT2D eigenvalue weighted by Gasteiger charge is 2.14. The van der Waals surface area contributed by atoms with Crippen molar-refractivity contribution in [1.29, 1.82) is 0 Å². The van der Waals surface area contributed by atoms with Crippen molar-refractivity contribution in [2.45, 2.75) is 13.5 Å². The Kier molecular flexibility index (Phi) is 7.70. The molecule has 0 aliphatic heterocycles. The third kappa shape index (κ3) is 5.34. The molecule has 0 saturated heterocycles. The van der Waals surface area contributed by atoms with Gasteiger partial charge in [0.2, 0.25) is 0 Å². The normalized spacial score (nSPS) is 11.3. The van der Waals surface area contributed by atoms with Gasteiger partial charge in [0, 0.05) is 14.5 Å². The Labute approximate surface area is 219 Å². The topological polar surface area (TPSA) is 85.7 Å². The van der Waals surface area contributed by atoms with Gasteiger partial charge < -0.3 is 14.5 Å². The Bertz CT molecular complexity index is 1510. The molecular formula is C24H18Br3N3O4. The van der Waals surface area contributed by atoms with Gasteiger partial charge in [-0.1, -0.05) is 50.1 Å². The SMILES string of the molecule is CCOc1cc(C=Nn2c(=O)[nH]c3ccccc3c2=O)cc(Br)c1OCc1ccc(Br)cc1Br. The monoisotopic (exact) mass is 649 g/mol. The highest BCUT2D eigenvalue weighted by Crippen LogP contribution is 2.37. The molecule has 4 rings (SSSR count). The Balaban J connectivity index is 1.65. The molecule has 0 saturated carbocycles. The van der Waals surface area contributed by atoms with E-state index in [4.69, 9.17) is 9.47 Å². The number of H-pyrrole nitrogens is 1. The summed E-state index contributed by atoms with van der Waals surface area (Å²) in [5.41, 5.74) is 0.929. The fourth-order valence-electron chi connectivity index (χ4n) is 3.24. The third-order valence-electron chi connectivity index (χ3n) is 4.82. The highest BCUT2D eigenvalue weighted by atomic mass is 79.9. The lowest BCUT2D eigenvalue weighted by molar-refractivity contribution is 0.267. The second-order valence-corrected chi connectivity index (χ2v) is 9.75. The van der Waals surface area contributed by atoms with E-state index >= 15 is 0 Å². The van der Waals surface area contributed by atoms with Crippen molar-refractivity contribution in [2.24, 2.45) is 5.10 Å². The number of nitrogens with one attached hydrogen (secondary N) is 1. The van der Waals surface area contributed by atoms with Crippen LogP contribution in [0.1, 0.15) is 18.1 Å². The summed E-state index contributed by atoms with van der Waals surface area (Å²) >= 11 is 10.5. The number of ether oxygens (including phenoxy) is 2. The molecule has 0 fully saturated rings. The van der Waals surface area contributed by atoms with Gasteiger partial charge in [-0.15, -0.1) is 4.68 Å². The predicted octanol–water partition coefficient (Wildman–Crippen LogP) is 5.84. The average Bonchev–Trinajstić information content (AvgIpc) is 2.80. The Hall–Kier alpha value is -2.69. The smallest absolute Gasteiger partial charge is 0.349 e. The Morgan fingerprint density at radius 3 is 2.56 bits per heavy atom. The largest absolute Gasteiger partial charge is 0.490 e. The zero-order valence-corrected chi connectivity index (χ0v) is 22.6. The van der Waals surface area contributed by atoms with Gasteiger partial charge in [-0.2, -0.15) is 5.10 Å². The number of rotatable bonds is 7. The minimum absolute atomic E-state index is 0.321. The first kappa shape index (κ1) is 24.4. The number of benzene rings is 3. The summed E-state index contributed by atoms with van der Waals surface area (Å²) in [6.45, 7) is 2.62. The molecule has 10 heteroatoms. The maximum absolute atomic E-state index is 12.7. The van der Waals surface area contributed by atoms with Crippen molar-refractivity contribution >= 4 is 64.9 Å². The number of fused-ring (bicyclic) bond motifs is 1. The molecule has 7 nitrogen and oxygen atoms in total. The van der Waals surface area contributed by atoms with Crippen LogP contribution in [0.15, 0.2) is 82.7 Å². The molecule has 1 heterocycles. The minimum atomic E-state index is -0.621. The second kappa shape index (κ2) is 10.7. The van der Waals surface area contributed by atoms with Crippen LogP contribution < -0.4 is 20.7 Å². The van der Waals surface area contributed by atoms with Crippen LogP contribution in [0, 0.1) is 0 Å². The van der Waals surface area contributed by atoms with Crippen molar-refractivity contribution < 1.29 is 9.47 Å². The van der Waals surface area contributed by atoms with Crippen molar-refractivity contribution in [3.8, 4) is 11.5 Å². The maximum atomic E-state index is 12.7. The van der Waals surface area contributed by atoms with Crippen LogP contribution in [-0.2, 0) is 6.61 Å². The van der Waals surface area contributed by atoms with E-state index in [1.807, 2.05) is 25.1 Å². The van der Waals surface area contributed by atoms with E-state index < -0.39 is 11.2 Å². The molecule has 0 aliphatic rings. The lowest BCUT2D eigenvalue weighted by atomic mass is 10.2. The standard InChI is InChI=1S/C24H18Br3N3O4/c1-2-33-21-10-14(9-19(27)22(21)34-13-15-7-8-16(25)11-18(15)26)12-28-30-23(31)17-5-3-4-6-20(17)29-24(30)32/h3-12H,2,13H2,1H3,(H,29,32). The third-order valence-corrected chi connectivity index (χ3v) is 6.65. The molecule has 174 valence electrons. The van der Waals surface area contributed by atoms with Gasteiger partial charge in [-0.3, -0.25) is 4.79 Å². The Morgan fingerprint density at radius 2 is 1.79 bits per heavy atom. The van der Waals surface area contributed by atoms with Crippen molar-refractivity contribution in [1.82, 2.24) is 9.66 Å². The first-order valence-corrected chi connectivity index (χ1v) is 12.6. The van der Waals surface area contributed by atoms with E-state index in [9.17, 15) is 9.59 Å². The molecule has 0 unspecified atom stereocenters. The quantitative estimate of drug-likeness (QED) is 0.255. The lowest BCUT2D eigenvalue weighted by Crippen LogP contribution is -2.32. The summed E-state index contributed by atoms with van der Waals surface area (Å²) in [6.07, 6.45) is 1.42. The van der Waals surface area contributed by atoms with Gasteiger partial charge in [0.15, 0.2) is 11.5 Å². The Morgan fingerprint density at radius 1 is 1.00 bits per heavy atom. The molecule has 1 N–H and O–H groups in total. The minimum Gasteiger partial charge on any atom is -0.490 e. The molecule has 0 amide bonds. The van der Waals surface area contributed by atoms with Gasteiger partial charge in [0.25, 0.3) is 5.56 Å². The molecule has 0 spiro atoms. The summed E-state index contributed by atoms with van der Waals surface area (Å²) < 4.78 is 15.2. The molecular weight excluding hydrogens is 634 g/mol. The fraction of sp³-hybridized carbons (Fsp3) is 0.125. The molecule has 34 heavy (non-hydrogen) atoms. The van der Waals surface area contributed by atoms with E-state index in [-0.39, 0.29) is 0 Å². The summed E-state index contributed by atoms with van der Waals surface area (Å²) in [5.74, 6) is 1.04.